The number of hydrogen-bond donors (Lipinski definition) is 0. The first-order valence-corrected chi connectivity index (χ1v) is 8.80. The zero-order valence-corrected chi connectivity index (χ0v) is 14.5. The number of carbonyl (C=O) groups excluding carboxylic acids is 3. The summed E-state index contributed by atoms with van der Waals surface area (Å²) >= 11 is 1.23. The Morgan fingerprint density at radius 3 is 2.30 bits per heavy atom. The number of thiazole rings is 1. The standard InChI is InChI=1S/C19H11FN2O4S/c20-12-7-5-11(6-8-12)9-16-21-15(10-27-16)19(25)26-22-17(23)13-3-1-2-4-14(13)18(22)24/h1-8,10H,9H2. The third-order valence-electron chi connectivity index (χ3n) is 3.96. The van der Waals surface area contributed by atoms with Crippen molar-refractivity contribution >= 4 is 29.1 Å². The molecule has 8 heteroatoms. The Bertz CT molecular complexity index is 1030. The van der Waals surface area contributed by atoms with Crippen LogP contribution in [0.1, 0.15) is 41.8 Å². The minimum atomic E-state index is -0.897. The van der Waals surface area contributed by atoms with Crippen LogP contribution in [-0.2, 0) is 11.3 Å². The molecule has 0 N–H and O–H groups in total. The SMILES string of the molecule is O=C(ON1C(=O)c2ccccc2C1=O)c1csc(Cc2ccc(F)cc2)n1. The average molecular weight is 382 g/mol. The van der Waals surface area contributed by atoms with Gasteiger partial charge in [-0.05, 0) is 29.8 Å². The summed E-state index contributed by atoms with van der Waals surface area (Å²) < 4.78 is 13.0. The van der Waals surface area contributed by atoms with Crippen LogP contribution in [0.4, 0.5) is 4.39 Å². The number of benzene rings is 2. The lowest BCUT2D eigenvalue weighted by molar-refractivity contribution is -0.0588. The lowest BCUT2D eigenvalue weighted by Gasteiger charge is -2.11. The summed E-state index contributed by atoms with van der Waals surface area (Å²) in [6, 6.07) is 12.2. The molecule has 0 radical (unpaired) electrons. The maximum Gasteiger partial charge on any atom is 0.383 e. The van der Waals surface area contributed by atoms with Crippen molar-refractivity contribution in [2.24, 2.45) is 0 Å². The van der Waals surface area contributed by atoms with Crippen molar-refractivity contribution < 1.29 is 23.6 Å². The fourth-order valence-corrected chi connectivity index (χ4v) is 3.44. The first-order valence-electron chi connectivity index (χ1n) is 7.92. The molecule has 2 amide bonds. The van der Waals surface area contributed by atoms with Crippen LogP contribution in [0.2, 0.25) is 0 Å². The number of amides is 2. The fraction of sp³-hybridized carbons (Fsp3) is 0.0526. The number of nitrogens with zero attached hydrogens (tertiary/aromatic N) is 2. The predicted molar refractivity (Wildman–Crippen MR) is 93.7 cm³/mol. The largest absolute Gasteiger partial charge is 0.383 e. The molecular formula is C19H11FN2O4S. The Morgan fingerprint density at radius 2 is 1.67 bits per heavy atom. The van der Waals surface area contributed by atoms with Crippen LogP contribution in [0.25, 0.3) is 0 Å². The normalized spacial score (nSPS) is 13.0. The number of halogens is 1. The Hall–Kier alpha value is -3.39. The zero-order chi connectivity index (χ0) is 19.0. The second-order valence-electron chi connectivity index (χ2n) is 5.76. The van der Waals surface area contributed by atoms with E-state index < -0.39 is 17.8 Å². The molecule has 2 aromatic carbocycles. The van der Waals surface area contributed by atoms with Crippen molar-refractivity contribution in [3.63, 3.8) is 0 Å². The summed E-state index contributed by atoms with van der Waals surface area (Å²) in [6.07, 6.45) is 0.422. The molecule has 0 aliphatic carbocycles. The van der Waals surface area contributed by atoms with E-state index in [2.05, 4.69) is 4.98 Å². The lowest BCUT2D eigenvalue weighted by Crippen LogP contribution is -2.32. The van der Waals surface area contributed by atoms with Gasteiger partial charge in [-0.3, -0.25) is 9.59 Å². The third kappa shape index (κ3) is 3.22. The third-order valence-corrected chi connectivity index (χ3v) is 4.81. The summed E-state index contributed by atoms with van der Waals surface area (Å²) in [5, 5.41) is 2.56. The maximum atomic E-state index is 13.0. The maximum absolute atomic E-state index is 13.0. The molecule has 27 heavy (non-hydrogen) atoms. The lowest BCUT2D eigenvalue weighted by atomic mass is 10.1. The Kier molecular flexibility index (Phi) is 4.25. The van der Waals surface area contributed by atoms with E-state index in [1.54, 1.807) is 24.3 Å². The van der Waals surface area contributed by atoms with Gasteiger partial charge in [0.2, 0.25) is 0 Å². The Balaban J connectivity index is 1.47. The predicted octanol–water partition coefficient (Wildman–Crippen LogP) is 3.24. The van der Waals surface area contributed by atoms with E-state index in [4.69, 9.17) is 4.84 Å². The molecule has 1 aromatic heterocycles. The van der Waals surface area contributed by atoms with Gasteiger partial charge < -0.3 is 4.84 Å². The first-order chi connectivity index (χ1) is 13.0. The van der Waals surface area contributed by atoms with E-state index in [-0.39, 0.29) is 22.6 Å². The van der Waals surface area contributed by atoms with Gasteiger partial charge >= 0.3 is 5.97 Å². The topological polar surface area (TPSA) is 76.6 Å². The van der Waals surface area contributed by atoms with Crippen molar-refractivity contribution in [2.75, 3.05) is 0 Å². The molecular weight excluding hydrogens is 371 g/mol. The first kappa shape index (κ1) is 17.0. The summed E-state index contributed by atoms with van der Waals surface area (Å²) in [5.41, 5.74) is 1.20. The fourth-order valence-electron chi connectivity index (χ4n) is 2.64. The molecule has 0 unspecified atom stereocenters. The van der Waals surface area contributed by atoms with E-state index in [9.17, 15) is 18.8 Å². The number of hydroxylamine groups is 2. The van der Waals surface area contributed by atoms with Crippen LogP contribution in [0.3, 0.4) is 0 Å². The monoisotopic (exact) mass is 382 g/mol. The number of fused-ring (bicyclic) bond motifs is 1. The molecule has 134 valence electrons. The molecule has 0 saturated heterocycles. The second-order valence-corrected chi connectivity index (χ2v) is 6.70. The van der Waals surface area contributed by atoms with Crippen LogP contribution >= 0.6 is 11.3 Å². The number of imide groups is 1. The summed E-state index contributed by atoms with van der Waals surface area (Å²) in [5.74, 6) is -2.61. The van der Waals surface area contributed by atoms with Gasteiger partial charge in [-0.15, -0.1) is 11.3 Å². The van der Waals surface area contributed by atoms with Crippen LogP contribution in [0, 0.1) is 5.82 Å². The smallest absolute Gasteiger partial charge is 0.322 e. The van der Waals surface area contributed by atoms with E-state index >= 15 is 0 Å². The van der Waals surface area contributed by atoms with Crippen molar-refractivity contribution in [1.29, 1.82) is 0 Å². The molecule has 0 atom stereocenters. The van der Waals surface area contributed by atoms with Crippen molar-refractivity contribution in [3.8, 4) is 0 Å². The summed E-state index contributed by atoms with van der Waals surface area (Å²) in [4.78, 5) is 45.9. The molecule has 4 rings (SSSR count). The highest BCUT2D eigenvalue weighted by molar-refractivity contribution is 7.09. The van der Waals surface area contributed by atoms with Gasteiger partial charge in [-0.1, -0.05) is 29.3 Å². The number of carbonyl (C=O) groups is 3. The molecule has 0 fully saturated rings. The van der Waals surface area contributed by atoms with Gasteiger partial charge in [-0.2, -0.15) is 0 Å². The molecule has 1 aliphatic heterocycles. The molecule has 0 bridgehead atoms. The van der Waals surface area contributed by atoms with Crippen LogP contribution < -0.4 is 0 Å². The highest BCUT2D eigenvalue weighted by atomic mass is 32.1. The highest BCUT2D eigenvalue weighted by Crippen LogP contribution is 2.24. The number of hydrogen-bond acceptors (Lipinski definition) is 6. The van der Waals surface area contributed by atoms with Gasteiger partial charge in [0.15, 0.2) is 5.69 Å². The van der Waals surface area contributed by atoms with Gasteiger partial charge in [0.1, 0.15) is 5.82 Å². The van der Waals surface area contributed by atoms with E-state index in [0.717, 1.165) is 5.56 Å². The van der Waals surface area contributed by atoms with Crippen LogP contribution in [-0.4, -0.2) is 27.8 Å². The van der Waals surface area contributed by atoms with Crippen LogP contribution in [0.5, 0.6) is 0 Å². The Morgan fingerprint density at radius 1 is 1.04 bits per heavy atom. The number of aromatic nitrogens is 1. The molecule has 3 aromatic rings. The van der Waals surface area contributed by atoms with Gasteiger partial charge in [0.05, 0.1) is 16.1 Å². The molecule has 0 saturated carbocycles. The molecule has 1 aliphatic rings. The molecule has 2 heterocycles. The highest BCUT2D eigenvalue weighted by Gasteiger charge is 2.39. The van der Waals surface area contributed by atoms with E-state index in [1.165, 1.54) is 41.0 Å². The zero-order valence-electron chi connectivity index (χ0n) is 13.7. The van der Waals surface area contributed by atoms with Gasteiger partial charge in [0.25, 0.3) is 11.8 Å². The van der Waals surface area contributed by atoms with Gasteiger partial charge in [0, 0.05) is 11.8 Å². The second kappa shape index (κ2) is 6.73. The Labute approximate surface area is 156 Å². The number of rotatable bonds is 4. The summed E-state index contributed by atoms with van der Waals surface area (Å²) in [7, 11) is 0. The summed E-state index contributed by atoms with van der Waals surface area (Å²) in [6.45, 7) is 0. The van der Waals surface area contributed by atoms with E-state index in [1.807, 2.05) is 0 Å². The van der Waals surface area contributed by atoms with Crippen molar-refractivity contribution in [3.05, 3.63) is 87.1 Å². The molecule has 6 nitrogen and oxygen atoms in total. The van der Waals surface area contributed by atoms with Crippen LogP contribution in [0.15, 0.2) is 53.9 Å². The minimum absolute atomic E-state index is 0.00586. The van der Waals surface area contributed by atoms with Gasteiger partial charge in [-0.25, -0.2) is 14.2 Å². The quantitative estimate of drug-likeness (QED) is 0.648. The van der Waals surface area contributed by atoms with Crippen molar-refractivity contribution in [1.82, 2.24) is 10.0 Å². The average Bonchev–Trinajstić information content (AvgIpc) is 3.23. The van der Waals surface area contributed by atoms with E-state index in [0.29, 0.717) is 16.5 Å². The van der Waals surface area contributed by atoms with Crippen molar-refractivity contribution in [2.45, 2.75) is 6.42 Å². The minimum Gasteiger partial charge on any atom is -0.322 e. The molecule has 0 spiro atoms.